The van der Waals surface area contributed by atoms with Crippen molar-refractivity contribution in [2.45, 2.75) is 13.0 Å². The van der Waals surface area contributed by atoms with Gasteiger partial charge < -0.3 is 9.72 Å². The quantitative estimate of drug-likeness (QED) is 0.625. The zero-order valence-corrected chi connectivity index (χ0v) is 13.7. The lowest BCUT2D eigenvalue weighted by Crippen LogP contribution is -2.27. The van der Waals surface area contributed by atoms with Crippen molar-refractivity contribution in [1.82, 2.24) is 24.5 Å². The highest BCUT2D eigenvalue weighted by Crippen LogP contribution is 2.21. The first-order valence-corrected chi connectivity index (χ1v) is 8.05. The van der Waals surface area contributed by atoms with E-state index < -0.39 is 0 Å². The van der Waals surface area contributed by atoms with Gasteiger partial charge >= 0.3 is 0 Å². The van der Waals surface area contributed by atoms with Gasteiger partial charge in [-0.05, 0) is 36.8 Å². The van der Waals surface area contributed by atoms with Crippen molar-refractivity contribution in [2.75, 3.05) is 0 Å². The monoisotopic (exact) mass is 331 g/mol. The Hall–Kier alpha value is -3.41. The molecule has 0 aliphatic rings. The van der Waals surface area contributed by atoms with Crippen LogP contribution in [-0.2, 0) is 0 Å². The van der Waals surface area contributed by atoms with Crippen LogP contribution in [0, 0.1) is 0 Å². The summed E-state index contributed by atoms with van der Waals surface area (Å²) in [5, 5.41) is 7.35. The maximum Gasteiger partial charge on any atom is 0.253 e. The fraction of sp³-hybridized carbons (Fsp3) is 0.105. The smallest absolute Gasteiger partial charge is 0.253 e. The highest BCUT2D eigenvalue weighted by atomic mass is 16.1. The number of carbonyl (C=O) groups is 1. The number of rotatable bonds is 4. The number of imidazole rings is 1. The highest BCUT2D eigenvalue weighted by molar-refractivity contribution is 5.94. The van der Waals surface area contributed by atoms with Crippen LogP contribution in [0.15, 0.2) is 73.4 Å². The van der Waals surface area contributed by atoms with Gasteiger partial charge in [0.15, 0.2) is 0 Å². The number of aromatic nitrogens is 4. The Kier molecular flexibility index (Phi) is 3.78. The number of benzene rings is 1. The molecule has 0 unspecified atom stereocenters. The number of amides is 1. The molecule has 0 radical (unpaired) electrons. The summed E-state index contributed by atoms with van der Waals surface area (Å²) in [7, 11) is 0. The molecule has 25 heavy (non-hydrogen) atoms. The van der Waals surface area contributed by atoms with Gasteiger partial charge in [-0.2, -0.15) is 5.10 Å². The van der Waals surface area contributed by atoms with Gasteiger partial charge in [-0.25, -0.2) is 9.67 Å². The van der Waals surface area contributed by atoms with Crippen molar-refractivity contribution in [3.05, 3.63) is 84.6 Å². The van der Waals surface area contributed by atoms with E-state index in [1.165, 1.54) is 0 Å². The van der Waals surface area contributed by atoms with Crippen molar-refractivity contribution in [3.8, 4) is 5.69 Å². The highest BCUT2D eigenvalue weighted by Gasteiger charge is 2.15. The molecule has 4 rings (SSSR count). The molecule has 1 N–H and O–H groups in total. The molecule has 0 aliphatic carbocycles. The van der Waals surface area contributed by atoms with Gasteiger partial charge in [-0.1, -0.05) is 18.2 Å². The molecule has 4 aromatic rings. The summed E-state index contributed by atoms with van der Waals surface area (Å²) in [6, 6.07) is 13.2. The van der Waals surface area contributed by atoms with E-state index in [9.17, 15) is 4.79 Å². The fourth-order valence-corrected chi connectivity index (χ4v) is 2.89. The molecule has 0 aliphatic heterocycles. The molecule has 124 valence electrons. The zero-order chi connectivity index (χ0) is 17.2. The van der Waals surface area contributed by atoms with E-state index in [0.717, 1.165) is 16.9 Å². The van der Waals surface area contributed by atoms with Crippen LogP contribution in [0.2, 0.25) is 0 Å². The van der Waals surface area contributed by atoms with E-state index in [4.69, 9.17) is 0 Å². The molecular weight excluding hydrogens is 314 g/mol. The van der Waals surface area contributed by atoms with E-state index in [2.05, 4.69) is 15.4 Å². The number of para-hydroxylation sites is 1. The molecule has 6 nitrogen and oxygen atoms in total. The summed E-state index contributed by atoms with van der Waals surface area (Å²) >= 11 is 0. The molecule has 3 aromatic heterocycles. The molecule has 0 fully saturated rings. The standard InChI is InChI=1S/C19H17N5O/c1-14(16-5-2-3-6-17(16)24-11-4-9-21-24)22-19(25)15-7-8-18-20-10-12-23(18)13-15/h2-14H,1H3,(H,22,25)/t14-/m1/s1. The Morgan fingerprint density at radius 1 is 1.08 bits per heavy atom. The second kappa shape index (κ2) is 6.24. The van der Waals surface area contributed by atoms with Crippen LogP contribution < -0.4 is 5.32 Å². The first-order chi connectivity index (χ1) is 12.2. The number of pyridine rings is 1. The molecular formula is C19H17N5O. The largest absolute Gasteiger partial charge is 0.345 e. The molecule has 0 spiro atoms. The van der Waals surface area contributed by atoms with E-state index in [1.807, 2.05) is 60.1 Å². The lowest BCUT2D eigenvalue weighted by Gasteiger charge is -2.18. The van der Waals surface area contributed by atoms with Crippen molar-refractivity contribution in [3.63, 3.8) is 0 Å². The van der Waals surface area contributed by atoms with E-state index >= 15 is 0 Å². The lowest BCUT2D eigenvalue weighted by atomic mass is 10.1. The van der Waals surface area contributed by atoms with Crippen molar-refractivity contribution in [2.24, 2.45) is 0 Å². The lowest BCUT2D eigenvalue weighted by molar-refractivity contribution is 0.0939. The van der Waals surface area contributed by atoms with Crippen LogP contribution in [0.4, 0.5) is 0 Å². The average molecular weight is 331 g/mol. The SMILES string of the molecule is C[C@@H](NC(=O)c1ccc2nccn2c1)c1ccccc1-n1cccn1. The third-order valence-corrected chi connectivity index (χ3v) is 4.15. The normalized spacial score (nSPS) is 12.2. The number of nitrogens with zero attached hydrogens (tertiary/aromatic N) is 4. The average Bonchev–Trinajstić information content (AvgIpc) is 3.32. The molecule has 0 bridgehead atoms. The van der Waals surface area contributed by atoms with Crippen LogP contribution in [-0.4, -0.2) is 25.1 Å². The Morgan fingerprint density at radius 2 is 1.96 bits per heavy atom. The summed E-state index contributed by atoms with van der Waals surface area (Å²) in [4.78, 5) is 16.8. The van der Waals surface area contributed by atoms with Crippen LogP contribution in [0.1, 0.15) is 28.9 Å². The maximum absolute atomic E-state index is 12.6. The maximum atomic E-state index is 12.6. The predicted molar refractivity (Wildman–Crippen MR) is 94.6 cm³/mol. The molecule has 0 saturated carbocycles. The van der Waals surface area contributed by atoms with Gasteiger partial charge in [-0.3, -0.25) is 4.79 Å². The van der Waals surface area contributed by atoms with Gasteiger partial charge in [0.1, 0.15) is 5.65 Å². The number of carbonyl (C=O) groups excluding carboxylic acids is 1. The van der Waals surface area contributed by atoms with Gasteiger partial charge in [0.2, 0.25) is 0 Å². The third kappa shape index (κ3) is 2.89. The first-order valence-electron chi connectivity index (χ1n) is 8.05. The predicted octanol–water partition coefficient (Wildman–Crippen LogP) is 3.01. The Balaban J connectivity index is 1.59. The van der Waals surface area contributed by atoms with Crippen molar-refractivity contribution in [1.29, 1.82) is 0 Å². The van der Waals surface area contributed by atoms with E-state index in [0.29, 0.717) is 5.56 Å². The zero-order valence-electron chi connectivity index (χ0n) is 13.7. The van der Waals surface area contributed by atoms with Crippen LogP contribution in [0.3, 0.4) is 0 Å². The number of hydrogen-bond donors (Lipinski definition) is 1. The number of hydrogen-bond acceptors (Lipinski definition) is 3. The van der Waals surface area contributed by atoms with Crippen LogP contribution >= 0.6 is 0 Å². The molecule has 0 saturated heterocycles. The van der Waals surface area contributed by atoms with Crippen LogP contribution in [0.25, 0.3) is 11.3 Å². The fourth-order valence-electron chi connectivity index (χ4n) is 2.89. The summed E-state index contributed by atoms with van der Waals surface area (Å²) in [5.74, 6) is -0.127. The van der Waals surface area contributed by atoms with Gasteiger partial charge in [0, 0.05) is 31.0 Å². The van der Waals surface area contributed by atoms with Crippen molar-refractivity contribution < 1.29 is 4.79 Å². The number of nitrogens with one attached hydrogen (secondary N) is 1. The van der Waals surface area contributed by atoms with E-state index in [1.54, 1.807) is 29.3 Å². The summed E-state index contributed by atoms with van der Waals surface area (Å²) in [6.07, 6.45) is 8.94. The second-order valence-electron chi connectivity index (χ2n) is 5.82. The Labute approximate surface area is 144 Å². The van der Waals surface area contributed by atoms with Gasteiger partial charge in [-0.15, -0.1) is 0 Å². The minimum atomic E-state index is -0.161. The molecule has 6 heteroatoms. The van der Waals surface area contributed by atoms with Gasteiger partial charge in [0.25, 0.3) is 5.91 Å². The Bertz CT molecular complexity index is 1020. The second-order valence-corrected chi connectivity index (χ2v) is 5.82. The topological polar surface area (TPSA) is 64.2 Å². The molecule has 1 atom stereocenters. The summed E-state index contributed by atoms with van der Waals surface area (Å²) in [5.41, 5.74) is 3.36. The third-order valence-electron chi connectivity index (χ3n) is 4.15. The minimum absolute atomic E-state index is 0.127. The van der Waals surface area contributed by atoms with Crippen LogP contribution in [0.5, 0.6) is 0 Å². The molecule has 1 amide bonds. The first kappa shape index (κ1) is 15.1. The van der Waals surface area contributed by atoms with Gasteiger partial charge in [0.05, 0.1) is 17.3 Å². The number of fused-ring (bicyclic) bond motifs is 1. The summed E-state index contributed by atoms with van der Waals surface area (Å²) in [6.45, 7) is 1.97. The minimum Gasteiger partial charge on any atom is -0.345 e. The van der Waals surface area contributed by atoms with Crippen molar-refractivity contribution >= 4 is 11.6 Å². The Morgan fingerprint density at radius 3 is 2.80 bits per heavy atom. The molecule has 3 heterocycles. The summed E-state index contributed by atoms with van der Waals surface area (Å²) < 4.78 is 3.63. The van der Waals surface area contributed by atoms with E-state index in [-0.39, 0.29) is 11.9 Å². The molecule has 1 aromatic carbocycles.